The van der Waals surface area contributed by atoms with Gasteiger partial charge in [-0.1, -0.05) is 294 Å². The fourth-order valence-corrected chi connectivity index (χ4v) is 15.3. The first-order chi connectivity index (χ1) is 55.2. The van der Waals surface area contributed by atoms with Crippen molar-refractivity contribution in [2.45, 2.75) is 117 Å². The molecule has 0 heterocycles. The summed E-state index contributed by atoms with van der Waals surface area (Å²) in [4.78, 5) is 39.4. The summed E-state index contributed by atoms with van der Waals surface area (Å²) >= 11 is 0. The first-order valence-electron chi connectivity index (χ1n) is 39.7. The summed E-state index contributed by atoms with van der Waals surface area (Å²) in [6.45, 7) is 22.3. The zero-order valence-corrected chi connectivity index (χ0v) is 68.9. The summed E-state index contributed by atoms with van der Waals surface area (Å²) in [7, 11) is -3.15. The Balaban J connectivity index is 0.679. The number of hydrogen-bond acceptors (Lipinski definition) is 4. The van der Waals surface area contributed by atoms with Gasteiger partial charge in [0.2, 0.25) is 11.8 Å². The summed E-state index contributed by atoms with van der Waals surface area (Å²) in [5.41, 5.74) is 28.6. The minimum Gasteiger partial charge on any atom is -0.363 e. The molecule has 564 valence electrons. The topological polar surface area (TPSA) is 107 Å². The van der Waals surface area contributed by atoms with Gasteiger partial charge in [0.1, 0.15) is 27.8 Å². The predicted octanol–water partition coefficient (Wildman–Crippen LogP) is 23.7. The zero-order chi connectivity index (χ0) is 79.6. The Morgan fingerprint density at radius 2 is 0.570 bits per heavy atom. The molecule has 1 aliphatic rings. The second kappa shape index (κ2) is 37.0. The summed E-state index contributed by atoms with van der Waals surface area (Å²) in [5, 5.41) is 14.1. The molecule has 0 bridgehead atoms. The Bertz CT molecular complexity index is 5310. The van der Waals surface area contributed by atoms with Gasteiger partial charge in [-0.15, -0.1) is 11.1 Å². The molecule has 13 rings (SSSR count). The number of amides is 2. The van der Waals surface area contributed by atoms with E-state index in [2.05, 4.69) is 365 Å². The average molecular weight is 1520 g/mol. The van der Waals surface area contributed by atoms with E-state index in [0.717, 1.165) is 136 Å². The van der Waals surface area contributed by atoms with E-state index in [-0.39, 0.29) is 36.0 Å². The van der Waals surface area contributed by atoms with Crippen LogP contribution in [0.25, 0.3) is 44.5 Å². The van der Waals surface area contributed by atoms with Gasteiger partial charge in [-0.05, 0) is 204 Å². The van der Waals surface area contributed by atoms with Gasteiger partial charge in [-0.25, -0.2) is 0 Å². The van der Waals surface area contributed by atoms with Crippen molar-refractivity contribution in [1.29, 1.82) is 0 Å². The molecule has 1 saturated carbocycles. The number of anilines is 2. The summed E-state index contributed by atoms with van der Waals surface area (Å²) in [6, 6.07) is 104. The number of nitrogens with one attached hydrogen (secondary N) is 4. The van der Waals surface area contributed by atoms with Crippen LogP contribution < -0.4 is 21.3 Å². The number of carbonyl (C=O) groups excluding carboxylic acids is 2. The molecule has 12 aromatic carbocycles. The lowest BCUT2D eigenvalue weighted by Crippen LogP contribution is -2.38. The van der Waals surface area contributed by atoms with E-state index in [0.29, 0.717) is 24.2 Å². The SMILES string of the molecule is CC(NC(=N[C@H](C)c1ccccc1)c1c(-c2ccc(C#Cc3ccc(NC(=O)C4CCCCC4C(=O)Nc4ccc(C#Cc5ccc(-c6cccc(-c7ccc(C#C[Si](C)(C)C)cc7)c6C(=N[C@H](C)c6ccccc6)N[C@H](C)c6ccccc6)cc5)cc4)cc3)cc2)cccc1-c1ccc(C#C[Si](C)(C)C)cc1)c1ccccc1. The van der Waals surface area contributed by atoms with Crippen molar-refractivity contribution in [3.05, 3.63) is 370 Å². The van der Waals surface area contributed by atoms with Crippen molar-refractivity contribution >= 4 is 51.0 Å². The minimum atomic E-state index is -1.58. The Hall–Kier alpha value is -12.8. The monoisotopic (exact) mass is 1520 g/mol. The number of hydrogen-bond donors (Lipinski definition) is 4. The van der Waals surface area contributed by atoms with E-state index >= 15 is 0 Å². The molecule has 10 heteroatoms. The Morgan fingerprint density at radius 3 is 0.842 bits per heavy atom. The van der Waals surface area contributed by atoms with Gasteiger partial charge in [-0.3, -0.25) is 19.6 Å². The number of benzene rings is 12. The van der Waals surface area contributed by atoms with Crippen LogP contribution in [0.1, 0.15) is 144 Å². The molecule has 2 amide bonds. The molecule has 1 fully saturated rings. The molecule has 0 aliphatic heterocycles. The molecule has 4 N–H and O–H groups in total. The maximum absolute atomic E-state index is 14.2. The second-order valence-electron chi connectivity index (χ2n) is 31.6. The summed E-state index contributed by atoms with van der Waals surface area (Å²) in [5.74, 6) is 20.7. The van der Waals surface area contributed by atoms with E-state index < -0.39 is 28.0 Å². The van der Waals surface area contributed by atoms with E-state index in [1.54, 1.807) is 0 Å². The van der Waals surface area contributed by atoms with Crippen LogP contribution in [-0.2, 0) is 9.59 Å². The smallest absolute Gasteiger partial charge is 0.228 e. The molecule has 3 unspecified atom stereocenters. The van der Waals surface area contributed by atoms with Crippen LogP contribution >= 0.6 is 0 Å². The van der Waals surface area contributed by atoms with Gasteiger partial charge >= 0.3 is 0 Å². The first-order valence-corrected chi connectivity index (χ1v) is 46.7. The van der Waals surface area contributed by atoms with E-state index in [9.17, 15) is 9.59 Å². The van der Waals surface area contributed by atoms with Crippen LogP contribution in [0, 0.1) is 58.4 Å². The predicted molar refractivity (Wildman–Crippen MR) is 481 cm³/mol. The quantitative estimate of drug-likeness (QED) is 0.0297. The second-order valence-corrected chi connectivity index (χ2v) is 41.1. The summed E-state index contributed by atoms with van der Waals surface area (Å²) < 4.78 is 0. The van der Waals surface area contributed by atoms with Crippen molar-refractivity contribution in [2.75, 3.05) is 10.6 Å². The third kappa shape index (κ3) is 21.2. The normalized spacial score (nSPS) is 14.5. The van der Waals surface area contributed by atoms with Gasteiger partial charge in [0, 0.05) is 79.8 Å². The maximum Gasteiger partial charge on any atom is 0.228 e. The van der Waals surface area contributed by atoms with Gasteiger partial charge in [0.25, 0.3) is 0 Å². The van der Waals surface area contributed by atoms with Gasteiger partial charge in [0.05, 0.1) is 12.1 Å². The largest absolute Gasteiger partial charge is 0.363 e. The van der Waals surface area contributed by atoms with Crippen molar-refractivity contribution < 1.29 is 9.59 Å². The molecule has 0 spiro atoms. The highest BCUT2D eigenvalue weighted by Gasteiger charge is 2.36. The third-order valence-corrected chi connectivity index (χ3v) is 22.3. The highest BCUT2D eigenvalue weighted by molar-refractivity contribution is 6.84. The molecular weight excluding hydrogens is 1420 g/mol. The molecule has 0 aromatic heterocycles. The van der Waals surface area contributed by atoms with Gasteiger partial charge < -0.3 is 21.3 Å². The molecule has 6 atom stereocenters. The van der Waals surface area contributed by atoms with Crippen LogP contribution in [0.4, 0.5) is 11.4 Å². The van der Waals surface area contributed by atoms with Gasteiger partial charge in [-0.2, -0.15) is 0 Å². The minimum absolute atomic E-state index is 0.0515. The van der Waals surface area contributed by atoms with Crippen LogP contribution in [0.5, 0.6) is 0 Å². The highest BCUT2D eigenvalue weighted by Crippen LogP contribution is 2.39. The van der Waals surface area contributed by atoms with Crippen LogP contribution in [0.15, 0.2) is 313 Å². The standard InChI is InChI=1S/C104H98N6O2Si2/c1-73(83-27-15-11-16-28-83)105-101(106-74(2)84-29-17-12-18-30-84)99-93(37-25-39-95(99)89-61-49-81(50-62-89)69-71-113(5,6)7)87-57-45-77(46-58-87)41-43-79-53-65-91(66-54-79)109-103(111)97-35-23-24-36-98(97)104(112)110-92-67-55-80(56-68-92)44-42-78-47-59-88(60-48-78)94-38-26-40-96(90-63-51-82(52-64-90)70-72-114(8,9)10)100(94)102(107-75(3)85-31-19-13-20-32-85)108-76(4)86-33-21-14-22-34-86/h11-22,25-34,37-40,45-68,73-76,97-98H,23-24,35-36H2,1-10H3,(H,105,106)(H,107,108)(H,109,111)(H,110,112)/t73-,74-,75-,76?,97?,98?/m1/s1. The summed E-state index contributed by atoms with van der Waals surface area (Å²) in [6.07, 6.45) is 2.98. The molecule has 8 nitrogen and oxygen atoms in total. The maximum atomic E-state index is 14.2. The van der Waals surface area contributed by atoms with Crippen molar-refractivity contribution in [3.63, 3.8) is 0 Å². The fraction of sp³-hybridized carbons (Fsp3) is 0.192. The third-order valence-electron chi connectivity index (χ3n) is 20.5. The zero-order valence-electron chi connectivity index (χ0n) is 66.9. The van der Waals surface area contributed by atoms with Crippen LogP contribution in [0.2, 0.25) is 39.3 Å². The molecule has 114 heavy (non-hydrogen) atoms. The average Bonchev–Trinajstić information content (AvgIpc) is 0.766. The Kier molecular flexibility index (Phi) is 25.7. The molecular formula is C104H98N6O2Si2. The van der Waals surface area contributed by atoms with Crippen molar-refractivity contribution in [2.24, 2.45) is 21.8 Å². The molecule has 0 radical (unpaired) electrons. The number of rotatable bonds is 18. The van der Waals surface area contributed by atoms with E-state index in [1.165, 1.54) is 0 Å². The number of aliphatic imine (C=N–C) groups is 2. The van der Waals surface area contributed by atoms with E-state index in [4.69, 9.17) is 9.98 Å². The van der Waals surface area contributed by atoms with Crippen molar-refractivity contribution in [3.8, 4) is 91.1 Å². The van der Waals surface area contributed by atoms with Gasteiger partial charge in [0.15, 0.2) is 0 Å². The first kappa shape index (κ1) is 79.3. The lowest BCUT2D eigenvalue weighted by Gasteiger charge is -2.29. The Labute approximate surface area is 677 Å². The molecule has 12 aromatic rings. The molecule has 1 aliphatic carbocycles. The number of carbonyl (C=O) groups is 2. The lowest BCUT2D eigenvalue weighted by atomic mass is 9.78. The van der Waals surface area contributed by atoms with Crippen LogP contribution in [-0.4, -0.2) is 39.6 Å². The number of nitrogens with zero attached hydrogens (tertiary/aromatic N) is 2. The van der Waals surface area contributed by atoms with Crippen LogP contribution in [0.3, 0.4) is 0 Å². The Morgan fingerprint density at radius 1 is 0.316 bits per heavy atom. The van der Waals surface area contributed by atoms with E-state index in [1.807, 2.05) is 72.8 Å². The fourth-order valence-electron chi connectivity index (χ4n) is 14.2. The molecule has 0 saturated heterocycles. The number of amidine groups is 2. The highest BCUT2D eigenvalue weighted by atomic mass is 28.3. The lowest BCUT2D eigenvalue weighted by molar-refractivity contribution is -0.130. The van der Waals surface area contributed by atoms with Crippen molar-refractivity contribution in [1.82, 2.24) is 10.6 Å².